The fourth-order valence-electron chi connectivity index (χ4n) is 2.28. The molecular weight excluding hydrogens is 406 g/mol. The number of aryl methyl sites for hydroxylation is 1. The highest BCUT2D eigenvalue weighted by Crippen LogP contribution is 2.39. The van der Waals surface area contributed by atoms with Crippen LogP contribution in [0.3, 0.4) is 0 Å². The molecule has 5 nitrogen and oxygen atoms in total. The van der Waals surface area contributed by atoms with Crippen LogP contribution in [-0.2, 0) is 11.8 Å². The molecule has 2 aromatic heterocycles. The Labute approximate surface area is 158 Å². The molecule has 0 radical (unpaired) electrons. The molecule has 0 aliphatic carbocycles. The molecule has 0 bridgehead atoms. The van der Waals surface area contributed by atoms with E-state index >= 15 is 0 Å². The summed E-state index contributed by atoms with van der Waals surface area (Å²) in [5.41, 5.74) is 3.28. The standard InChI is InChI=1S/C16H18BrN5S2/c1-5-10-8-6-7-9-11(10)22-14(19-20-21-22)24-15-18-12(13(17)23-15)16(2,3)4/h6-9H,5H2,1-4H3. The molecule has 0 atom stereocenters. The van der Waals surface area contributed by atoms with E-state index in [1.165, 1.54) is 17.3 Å². The van der Waals surface area contributed by atoms with Gasteiger partial charge in [0.2, 0.25) is 5.16 Å². The Bertz CT molecular complexity index is 850. The van der Waals surface area contributed by atoms with E-state index in [0.717, 1.165) is 31.1 Å². The second-order valence-corrected chi connectivity index (χ2v) is 9.84. The van der Waals surface area contributed by atoms with Crippen LogP contribution < -0.4 is 0 Å². The highest BCUT2D eigenvalue weighted by molar-refractivity contribution is 9.11. The fourth-order valence-corrected chi connectivity index (χ4v) is 5.71. The minimum Gasteiger partial charge on any atom is -0.232 e. The van der Waals surface area contributed by atoms with Gasteiger partial charge in [0.25, 0.3) is 0 Å². The molecule has 0 aliphatic heterocycles. The fraction of sp³-hybridized carbons (Fsp3) is 0.375. The van der Waals surface area contributed by atoms with Gasteiger partial charge in [-0.15, -0.1) is 5.10 Å². The topological polar surface area (TPSA) is 56.5 Å². The number of rotatable bonds is 4. The van der Waals surface area contributed by atoms with E-state index in [-0.39, 0.29) is 5.41 Å². The van der Waals surface area contributed by atoms with Crippen molar-refractivity contribution in [1.82, 2.24) is 25.2 Å². The van der Waals surface area contributed by atoms with Gasteiger partial charge in [0, 0.05) is 5.41 Å². The molecule has 0 fully saturated rings. The van der Waals surface area contributed by atoms with Crippen LogP contribution >= 0.6 is 39.0 Å². The number of benzene rings is 1. The first-order valence-electron chi connectivity index (χ1n) is 7.61. The summed E-state index contributed by atoms with van der Waals surface area (Å²) >= 11 is 6.73. The van der Waals surface area contributed by atoms with Gasteiger partial charge in [-0.25, -0.2) is 4.98 Å². The molecule has 0 amide bonds. The third-order valence-electron chi connectivity index (χ3n) is 3.50. The Balaban J connectivity index is 1.95. The first-order chi connectivity index (χ1) is 11.4. The second kappa shape index (κ2) is 6.93. The lowest BCUT2D eigenvalue weighted by molar-refractivity contribution is 0.566. The second-order valence-electron chi connectivity index (χ2n) is 6.31. The van der Waals surface area contributed by atoms with Crippen molar-refractivity contribution in [2.45, 2.75) is 49.0 Å². The van der Waals surface area contributed by atoms with Crippen LogP contribution in [0, 0.1) is 0 Å². The number of nitrogens with zero attached hydrogens (tertiary/aromatic N) is 5. The van der Waals surface area contributed by atoms with Gasteiger partial charge in [-0.1, -0.05) is 57.2 Å². The van der Waals surface area contributed by atoms with Gasteiger partial charge in [-0.05, 0) is 56.2 Å². The van der Waals surface area contributed by atoms with Crippen molar-refractivity contribution in [3.8, 4) is 5.69 Å². The normalized spacial score (nSPS) is 11.9. The summed E-state index contributed by atoms with van der Waals surface area (Å²) in [6, 6.07) is 8.18. The lowest BCUT2D eigenvalue weighted by Crippen LogP contribution is -2.12. The number of para-hydroxylation sites is 1. The molecule has 0 spiro atoms. The predicted octanol–water partition coefficient (Wildman–Crippen LogP) is 4.89. The predicted molar refractivity (Wildman–Crippen MR) is 101 cm³/mol. The third-order valence-corrected chi connectivity index (χ3v) is 6.20. The van der Waals surface area contributed by atoms with Crippen molar-refractivity contribution in [3.63, 3.8) is 0 Å². The van der Waals surface area contributed by atoms with E-state index in [2.05, 4.69) is 65.2 Å². The molecule has 0 saturated carbocycles. The van der Waals surface area contributed by atoms with E-state index in [1.807, 2.05) is 18.2 Å². The highest BCUT2D eigenvalue weighted by atomic mass is 79.9. The summed E-state index contributed by atoms with van der Waals surface area (Å²) in [7, 11) is 0. The van der Waals surface area contributed by atoms with Crippen LogP contribution in [0.1, 0.15) is 39.0 Å². The smallest absolute Gasteiger partial charge is 0.221 e. The summed E-state index contributed by atoms with van der Waals surface area (Å²) in [6.07, 6.45) is 0.928. The lowest BCUT2D eigenvalue weighted by atomic mass is 9.93. The van der Waals surface area contributed by atoms with Crippen LogP contribution in [0.15, 0.2) is 37.5 Å². The van der Waals surface area contributed by atoms with E-state index in [9.17, 15) is 0 Å². The average molecular weight is 424 g/mol. The van der Waals surface area contributed by atoms with Gasteiger partial charge >= 0.3 is 0 Å². The highest BCUT2D eigenvalue weighted by Gasteiger charge is 2.23. The summed E-state index contributed by atoms with van der Waals surface area (Å²) in [5, 5.41) is 12.9. The molecule has 1 aromatic carbocycles. The van der Waals surface area contributed by atoms with Gasteiger partial charge < -0.3 is 0 Å². The molecule has 8 heteroatoms. The van der Waals surface area contributed by atoms with Crippen molar-refractivity contribution >= 4 is 39.0 Å². The largest absolute Gasteiger partial charge is 0.232 e. The van der Waals surface area contributed by atoms with Crippen LogP contribution in [-0.4, -0.2) is 25.2 Å². The number of hydrogen-bond donors (Lipinski definition) is 0. The average Bonchev–Trinajstić information content (AvgIpc) is 3.13. The maximum atomic E-state index is 4.76. The molecule has 2 heterocycles. The van der Waals surface area contributed by atoms with Crippen LogP contribution in [0.5, 0.6) is 0 Å². The zero-order valence-corrected chi connectivity index (χ0v) is 17.2. The molecule has 0 saturated heterocycles. The Morgan fingerprint density at radius 1 is 1.25 bits per heavy atom. The van der Waals surface area contributed by atoms with Crippen molar-refractivity contribution in [3.05, 3.63) is 39.3 Å². The molecule has 3 aromatic rings. The molecular formula is C16H18BrN5S2. The van der Waals surface area contributed by atoms with Crippen LogP contribution in [0.4, 0.5) is 0 Å². The molecule has 126 valence electrons. The molecule has 0 unspecified atom stereocenters. The maximum Gasteiger partial charge on any atom is 0.221 e. The summed E-state index contributed by atoms with van der Waals surface area (Å²) in [4.78, 5) is 4.76. The van der Waals surface area contributed by atoms with Crippen molar-refractivity contribution in [1.29, 1.82) is 0 Å². The summed E-state index contributed by atoms with van der Waals surface area (Å²) < 4.78 is 3.78. The molecule has 24 heavy (non-hydrogen) atoms. The van der Waals surface area contributed by atoms with Crippen molar-refractivity contribution in [2.24, 2.45) is 0 Å². The first kappa shape index (κ1) is 17.6. The Morgan fingerprint density at radius 3 is 2.67 bits per heavy atom. The van der Waals surface area contributed by atoms with Crippen LogP contribution in [0.2, 0.25) is 0 Å². The zero-order valence-electron chi connectivity index (χ0n) is 13.9. The molecule has 3 rings (SSSR count). The third kappa shape index (κ3) is 3.55. The monoisotopic (exact) mass is 423 g/mol. The van der Waals surface area contributed by atoms with E-state index < -0.39 is 0 Å². The van der Waals surface area contributed by atoms with Crippen LogP contribution in [0.25, 0.3) is 5.69 Å². The van der Waals surface area contributed by atoms with Gasteiger partial charge in [0.05, 0.1) is 15.2 Å². The molecule has 0 aliphatic rings. The summed E-state index contributed by atoms with van der Waals surface area (Å²) in [5.74, 6) is 0. The summed E-state index contributed by atoms with van der Waals surface area (Å²) in [6.45, 7) is 8.60. The van der Waals surface area contributed by atoms with Gasteiger partial charge in [-0.2, -0.15) is 4.68 Å². The number of hydrogen-bond acceptors (Lipinski definition) is 6. The Hall–Kier alpha value is -1.25. The quantitative estimate of drug-likeness (QED) is 0.597. The first-order valence-corrected chi connectivity index (χ1v) is 10.0. The van der Waals surface area contributed by atoms with E-state index in [4.69, 9.17) is 4.98 Å². The Kier molecular flexibility index (Phi) is 5.08. The van der Waals surface area contributed by atoms with Crippen molar-refractivity contribution in [2.75, 3.05) is 0 Å². The number of aromatic nitrogens is 5. The Morgan fingerprint density at radius 2 is 2.00 bits per heavy atom. The minimum absolute atomic E-state index is 0.00508. The lowest BCUT2D eigenvalue weighted by Gasteiger charge is -2.15. The van der Waals surface area contributed by atoms with Crippen molar-refractivity contribution < 1.29 is 0 Å². The molecule has 0 N–H and O–H groups in total. The van der Waals surface area contributed by atoms with Gasteiger partial charge in [0.1, 0.15) is 0 Å². The number of thiazole rings is 1. The maximum absolute atomic E-state index is 4.76. The number of halogens is 1. The van der Waals surface area contributed by atoms with E-state index in [1.54, 1.807) is 16.0 Å². The minimum atomic E-state index is -0.00508. The number of tetrazole rings is 1. The zero-order chi connectivity index (χ0) is 17.3. The van der Waals surface area contributed by atoms with E-state index in [0.29, 0.717) is 0 Å². The SMILES string of the molecule is CCc1ccccc1-n1nnnc1Sc1nc(C(C)(C)C)c(Br)s1. The van der Waals surface area contributed by atoms with Gasteiger partial charge in [-0.3, -0.25) is 0 Å². The van der Waals surface area contributed by atoms with Gasteiger partial charge in [0.15, 0.2) is 4.34 Å².